The monoisotopic (exact) mass is 558 g/mol. The summed E-state index contributed by atoms with van der Waals surface area (Å²) in [6.45, 7) is 6.57. The first-order valence-corrected chi connectivity index (χ1v) is 10.8. The van der Waals surface area contributed by atoms with Crippen LogP contribution in [-0.4, -0.2) is 63.9 Å². The van der Waals surface area contributed by atoms with Crippen molar-refractivity contribution in [1.82, 2.24) is 15.5 Å². The molecule has 0 atom stereocenters. The van der Waals surface area contributed by atoms with E-state index in [0.717, 1.165) is 68.1 Å². The van der Waals surface area contributed by atoms with Crippen LogP contribution >= 0.6 is 35.6 Å². The van der Waals surface area contributed by atoms with Gasteiger partial charge in [-0.05, 0) is 30.2 Å². The van der Waals surface area contributed by atoms with Gasteiger partial charge in [-0.25, -0.2) is 0 Å². The lowest BCUT2D eigenvalue weighted by Crippen LogP contribution is -2.39. The van der Waals surface area contributed by atoms with Crippen molar-refractivity contribution in [3.05, 3.63) is 64.7 Å². The van der Waals surface area contributed by atoms with Crippen LogP contribution in [0.5, 0.6) is 5.75 Å². The number of morpholine rings is 1. The molecule has 0 radical (unpaired) electrons. The van der Waals surface area contributed by atoms with Gasteiger partial charge in [0.2, 0.25) is 0 Å². The lowest BCUT2D eigenvalue weighted by molar-refractivity contribution is 0.0322. The van der Waals surface area contributed by atoms with Gasteiger partial charge < -0.3 is 20.1 Å². The molecule has 1 fully saturated rings. The van der Waals surface area contributed by atoms with E-state index in [0.29, 0.717) is 13.2 Å². The van der Waals surface area contributed by atoms with Gasteiger partial charge in [-0.1, -0.05) is 41.9 Å². The zero-order chi connectivity index (χ0) is 21.0. The molecule has 1 heterocycles. The number of rotatable bonds is 9. The Labute approximate surface area is 207 Å². The van der Waals surface area contributed by atoms with Gasteiger partial charge in [0.1, 0.15) is 12.4 Å². The Balaban J connectivity index is 0.00000341. The summed E-state index contributed by atoms with van der Waals surface area (Å²) in [5.74, 6) is 1.67. The third kappa shape index (κ3) is 9.22. The number of hydrogen-bond acceptors (Lipinski definition) is 4. The van der Waals surface area contributed by atoms with E-state index in [4.69, 9.17) is 21.1 Å². The quantitative estimate of drug-likeness (QED) is 0.280. The van der Waals surface area contributed by atoms with E-state index in [1.165, 1.54) is 5.56 Å². The Bertz CT molecular complexity index is 816. The molecular weight excluding hydrogens is 527 g/mol. The molecule has 0 saturated carbocycles. The summed E-state index contributed by atoms with van der Waals surface area (Å²) in [6.07, 6.45) is 0.877. The molecule has 31 heavy (non-hydrogen) atoms. The molecule has 2 N–H and O–H groups in total. The summed E-state index contributed by atoms with van der Waals surface area (Å²) in [4.78, 5) is 6.68. The SMILES string of the molecule is CN=C(NCCc1cccc(Cl)c1)NCc1ccccc1OCCN1CCOCC1.I. The molecule has 0 bridgehead atoms. The fourth-order valence-corrected chi connectivity index (χ4v) is 3.53. The topological polar surface area (TPSA) is 58.1 Å². The molecule has 170 valence electrons. The molecule has 0 spiro atoms. The van der Waals surface area contributed by atoms with Crippen LogP contribution in [0.2, 0.25) is 5.02 Å². The molecular formula is C23H32ClIN4O2. The van der Waals surface area contributed by atoms with E-state index < -0.39 is 0 Å². The van der Waals surface area contributed by atoms with Gasteiger partial charge >= 0.3 is 0 Å². The van der Waals surface area contributed by atoms with Gasteiger partial charge in [0, 0.05) is 50.4 Å². The van der Waals surface area contributed by atoms with Crippen LogP contribution in [0.25, 0.3) is 0 Å². The Hall–Kier alpha value is -1.55. The molecule has 6 nitrogen and oxygen atoms in total. The van der Waals surface area contributed by atoms with Crippen LogP contribution in [0, 0.1) is 0 Å². The van der Waals surface area contributed by atoms with E-state index >= 15 is 0 Å². The van der Waals surface area contributed by atoms with Crippen molar-refractivity contribution in [2.75, 3.05) is 53.0 Å². The Morgan fingerprint density at radius 3 is 2.71 bits per heavy atom. The van der Waals surface area contributed by atoms with Crippen LogP contribution in [0.1, 0.15) is 11.1 Å². The standard InChI is InChI=1S/C23H31ClN4O2.HI/c1-25-23(26-10-9-19-5-4-7-21(24)17-19)27-18-20-6-2-3-8-22(20)30-16-13-28-11-14-29-15-12-28;/h2-8,17H,9-16,18H2,1H3,(H2,25,26,27);1H. The summed E-state index contributed by atoms with van der Waals surface area (Å²) < 4.78 is 11.5. The Kier molecular flexibility index (Phi) is 12.0. The molecule has 0 aromatic heterocycles. The molecule has 2 aromatic rings. The van der Waals surface area contributed by atoms with Gasteiger partial charge in [-0.15, -0.1) is 24.0 Å². The molecule has 3 rings (SSSR count). The van der Waals surface area contributed by atoms with Crippen molar-refractivity contribution in [3.8, 4) is 5.75 Å². The minimum Gasteiger partial charge on any atom is -0.492 e. The summed E-state index contributed by atoms with van der Waals surface area (Å²) in [5, 5.41) is 7.48. The molecule has 0 unspecified atom stereocenters. The highest BCUT2D eigenvalue weighted by Crippen LogP contribution is 2.17. The fourth-order valence-electron chi connectivity index (χ4n) is 3.32. The van der Waals surface area contributed by atoms with E-state index in [-0.39, 0.29) is 24.0 Å². The van der Waals surface area contributed by atoms with E-state index in [9.17, 15) is 0 Å². The van der Waals surface area contributed by atoms with Crippen molar-refractivity contribution in [2.24, 2.45) is 4.99 Å². The predicted octanol–water partition coefficient (Wildman–Crippen LogP) is 3.58. The molecule has 2 aromatic carbocycles. The van der Waals surface area contributed by atoms with Crippen molar-refractivity contribution in [1.29, 1.82) is 0 Å². The van der Waals surface area contributed by atoms with Gasteiger partial charge in [-0.3, -0.25) is 9.89 Å². The highest BCUT2D eigenvalue weighted by atomic mass is 127. The largest absolute Gasteiger partial charge is 0.492 e. The normalized spacial score (nSPS) is 14.6. The first kappa shape index (κ1) is 25.7. The van der Waals surface area contributed by atoms with Crippen LogP contribution in [0.3, 0.4) is 0 Å². The van der Waals surface area contributed by atoms with Gasteiger partial charge in [-0.2, -0.15) is 0 Å². The average Bonchev–Trinajstić information content (AvgIpc) is 2.78. The number of para-hydroxylation sites is 1. The first-order chi connectivity index (χ1) is 14.7. The third-order valence-corrected chi connectivity index (χ3v) is 5.24. The maximum absolute atomic E-state index is 6.06. The second-order valence-electron chi connectivity index (χ2n) is 7.14. The van der Waals surface area contributed by atoms with Crippen LogP contribution in [0.4, 0.5) is 0 Å². The number of ether oxygens (including phenoxy) is 2. The molecule has 1 saturated heterocycles. The number of benzene rings is 2. The molecule has 0 amide bonds. The van der Waals surface area contributed by atoms with Crippen molar-refractivity contribution in [2.45, 2.75) is 13.0 Å². The highest BCUT2D eigenvalue weighted by molar-refractivity contribution is 14.0. The number of hydrogen-bond donors (Lipinski definition) is 2. The van der Waals surface area contributed by atoms with Crippen molar-refractivity contribution in [3.63, 3.8) is 0 Å². The summed E-state index contributed by atoms with van der Waals surface area (Å²) in [5.41, 5.74) is 2.31. The third-order valence-electron chi connectivity index (χ3n) is 5.01. The first-order valence-electron chi connectivity index (χ1n) is 10.4. The van der Waals surface area contributed by atoms with Crippen LogP contribution in [-0.2, 0) is 17.7 Å². The predicted molar refractivity (Wildman–Crippen MR) is 138 cm³/mol. The average molecular weight is 559 g/mol. The second-order valence-corrected chi connectivity index (χ2v) is 7.58. The molecule has 1 aliphatic rings. The molecule has 8 heteroatoms. The van der Waals surface area contributed by atoms with E-state index in [1.807, 2.05) is 36.4 Å². The number of nitrogens with zero attached hydrogens (tertiary/aromatic N) is 2. The number of nitrogens with one attached hydrogen (secondary N) is 2. The zero-order valence-electron chi connectivity index (χ0n) is 18.0. The van der Waals surface area contributed by atoms with Crippen molar-refractivity contribution < 1.29 is 9.47 Å². The smallest absolute Gasteiger partial charge is 0.191 e. The molecule has 0 aliphatic carbocycles. The van der Waals surface area contributed by atoms with Gasteiger partial charge in [0.25, 0.3) is 0 Å². The lowest BCUT2D eigenvalue weighted by Gasteiger charge is -2.26. The highest BCUT2D eigenvalue weighted by Gasteiger charge is 2.11. The maximum Gasteiger partial charge on any atom is 0.191 e. The van der Waals surface area contributed by atoms with E-state index in [1.54, 1.807) is 7.05 Å². The van der Waals surface area contributed by atoms with Crippen LogP contribution in [0.15, 0.2) is 53.5 Å². The Morgan fingerprint density at radius 2 is 1.94 bits per heavy atom. The van der Waals surface area contributed by atoms with Gasteiger partial charge in [0.15, 0.2) is 5.96 Å². The molecule has 1 aliphatic heterocycles. The lowest BCUT2D eigenvalue weighted by atomic mass is 10.1. The number of aliphatic imine (C=N–C) groups is 1. The van der Waals surface area contributed by atoms with Crippen LogP contribution < -0.4 is 15.4 Å². The summed E-state index contributed by atoms with van der Waals surface area (Å²) in [7, 11) is 1.78. The summed E-state index contributed by atoms with van der Waals surface area (Å²) in [6, 6.07) is 16.1. The van der Waals surface area contributed by atoms with E-state index in [2.05, 4.69) is 32.7 Å². The summed E-state index contributed by atoms with van der Waals surface area (Å²) >= 11 is 6.05. The van der Waals surface area contributed by atoms with Gasteiger partial charge in [0.05, 0.1) is 13.2 Å². The number of guanidine groups is 1. The van der Waals surface area contributed by atoms with Crippen molar-refractivity contribution >= 4 is 41.5 Å². The Morgan fingerprint density at radius 1 is 1.13 bits per heavy atom. The zero-order valence-corrected chi connectivity index (χ0v) is 21.1. The number of halogens is 2. The maximum atomic E-state index is 6.06. The minimum atomic E-state index is 0. The second kappa shape index (κ2) is 14.5. The fraction of sp³-hybridized carbons (Fsp3) is 0.435. The minimum absolute atomic E-state index is 0.